The molecule has 1 unspecified atom stereocenters. The zero-order valence-electron chi connectivity index (χ0n) is 18.0. The molecular weight excluding hydrogens is 423 g/mol. The first-order valence-electron chi connectivity index (χ1n) is 10.5. The van der Waals surface area contributed by atoms with Gasteiger partial charge in [0.05, 0.1) is 13.0 Å². The maximum absolute atomic E-state index is 12.0. The lowest BCUT2D eigenvalue weighted by molar-refractivity contribution is -0.201. The average molecular weight is 451 g/mol. The third-order valence-electron chi connectivity index (χ3n) is 4.87. The number of carbonyl (C=O) groups excluding carboxylic acids is 2. The summed E-state index contributed by atoms with van der Waals surface area (Å²) in [5.74, 6) is -2.44. The molecule has 0 aromatic heterocycles. The van der Waals surface area contributed by atoms with Crippen LogP contribution in [0.25, 0.3) is 0 Å². The molecule has 0 aliphatic carbocycles. The molecule has 0 spiro atoms. The number of rotatable bonds is 12. The van der Waals surface area contributed by atoms with Crippen LogP contribution in [0.1, 0.15) is 43.2 Å². The molecule has 5 nitrogen and oxygen atoms in total. The number of alkyl halides is 3. The summed E-state index contributed by atoms with van der Waals surface area (Å²) in [4.78, 5) is 21.7. The second-order valence-electron chi connectivity index (χ2n) is 7.46. The lowest BCUT2D eigenvalue weighted by Gasteiger charge is -2.13. The Morgan fingerprint density at radius 3 is 2.34 bits per heavy atom. The SMILES string of the molecule is CC(CCOc1ccc(CCCNCCC(=O)OC(=O)C(F)(F)F)cc1)c1ccccc1. The van der Waals surface area contributed by atoms with E-state index in [1.54, 1.807) is 0 Å². The van der Waals surface area contributed by atoms with Crippen molar-refractivity contribution in [2.45, 2.75) is 44.7 Å². The van der Waals surface area contributed by atoms with Crippen molar-refractivity contribution in [2.24, 2.45) is 0 Å². The molecule has 2 rings (SSSR count). The summed E-state index contributed by atoms with van der Waals surface area (Å²) in [5.41, 5.74) is 2.43. The van der Waals surface area contributed by atoms with Gasteiger partial charge >= 0.3 is 18.1 Å². The quantitative estimate of drug-likeness (QED) is 0.285. The van der Waals surface area contributed by atoms with Gasteiger partial charge < -0.3 is 14.8 Å². The number of carbonyl (C=O) groups is 2. The van der Waals surface area contributed by atoms with E-state index in [0.717, 1.165) is 30.6 Å². The van der Waals surface area contributed by atoms with Crippen molar-refractivity contribution in [3.8, 4) is 5.75 Å². The Labute approximate surface area is 185 Å². The van der Waals surface area contributed by atoms with E-state index in [-0.39, 0.29) is 13.0 Å². The van der Waals surface area contributed by atoms with Crippen molar-refractivity contribution in [1.29, 1.82) is 0 Å². The highest BCUT2D eigenvalue weighted by atomic mass is 19.4. The maximum atomic E-state index is 12.0. The predicted octanol–water partition coefficient (Wildman–Crippen LogP) is 4.80. The summed E-state index contributed by atoms with van der Waals surface area (Å²) in [6.45, 7) is 3.53. The van der Waals surface area contributed by atoms with Gasteiger partial charge in [-0.15, -0.1) is 0 Å². The molecule has 2 aromatic rings. The number of ether oxygens (including phenoxy) is 2. The highest BCUT2D eigenvalue weighted by Crippen LogP contribution is 2.20. The highest BCUT2D eigenvalue weighted by molar-refractivity contribution is 5.88. The largest absolute Gasteiger partial charge is 0.494 e. The van der Waals surface area contributed by atoms with Crippen LogP contribution in [0.5, 0.6) is 5.75 Å². The molecule has 32 heavy (non-hydrogen) atoms. The van der Waals surface area contributed by atoms with Gasteiger partial charge in [0.25, 0.3) is 0 Å². The Morgan fingerprint density at radius 1 is 1.00 bits per heavy atom. The van der Waals surface area contributed by atoms with E-state index in [0.29, 0.717) is 19.1 Å². The smallest absolute Gasteiger partial charge is 0.491 e. The van der Waals surface area contributed by atoms with Crippen LogP contribution >= 0.6 is 0 Å². The van der Waals surface area contributed by atoms with Crippen LogP contribution in [-0.2, 0) is 20.7 Å². The number of hydrogen-bond acceptors (Lipinski definition) is 5. The second kappa shape index (κ2) is 12.9. The number of halogens is 3. The summed E-state index contributed by atoms with van der Waals surface area (Å²) in [6.07, 6.45) is -2.96. The van der Waals surface area contributed by atoms with Crippen LogP contribution in [0.4, 0.5) is 13.2 Å². The second-order valence-corrected chi connectivity index (χ2v) is 7.46. The van der Waals surface area contributed by atoms with Gasteiger partial charge in [0.15, 0.2) is 0 Å². The zero-order valence-corrected chi connectivity index (χ0v) is 18.0. The summed E-state index contributed by atoms with van der Waals surface area (Å²) >= 11 is 0. The Bertz CT molecular complexity index is 839. The lowest BCUT2D eigenvalue weighted by atomic mass is 9.98. The molecule has 0 heterocycles. The van der Waals surface area contributed by atoms with E-state index in [1.165, 1.54) is 5.56 Å². The van der Waals surface area contributed by atoms with Gasteiger partial charge in [0.2, 0.25) is 0 Å². The summed E-state index contributed by atoms with van der Waals surface area (Å²) in [6, 6.07) is 18.2. The van der Waals surface area contributed by atoms with Crippen LogP contribution in [0.2, 0.25) is 0 Å². The molecule has 2 aromatic carbocycles. The number of esters is 2. The number of hydrogen-bond donors (Lipinski definition) is 1. The maximum Gasteiger partial charge on any atom is 0.491 e. The molecule has 0 saturated heterocycles. The fourth-order valence-corrected chi connectivity index (χ4v) is 3.00. The van der Waals surface area contributed by atoms with Crippen molar-refractivity contribution in [3.63, 3.8) is 0 Å². The van der Waals surface area contributed by atoms with Crippen LogP contribution in [0.3, 0.4) is 0 Å². The Balaban J connectivity index is 1.56. The van der Waals surface area contributed by atoms with Gasteiger partial charge in [-0.3, -0.25) is 4.79 Å². The molecule has 8 heteroatoms. The van der Waals surface area contributed by atoms with Crippen molar-refractivity contribution >= 4 is 11.9 Å². The monoisotopic (exact) mass is 451 g/mol. The summed E-state index contributed by atoms with van der Waals surface area (Å²) < 4.78 is 45.5. The standard InChI is InChI=1S/C24H28F3NO4/c1-18(20-7-3-2-4-8-20)14-17-31-21-11-9-19(10-12-21)6-5-15-28-16-13-22(29)32-23(30)24(25,26)27/h2-4,7-12,18,28H,5-6,13-17H2,1H3. The van der Waals surface area contributed by atoms with Crippen molar-refractivity contribution < 1.29 is 32.2 Å². The van der Waals surface area contributed by atoms with E-state index in [4.69, 9.17) is 4.74 Å². The fraction of sp³-hybridized carbons (Fsp3) is 0.417. The summed E-state index contributed by atoms with van der Waals surface area (Å²) in [7, 11) is 0. The van der Waals surface area contributed by atoms with Gasteiger partial charge in [-0.2, -0.15) is 13.2 Å². The van der Waals surface area contributed by atoms with E-state index < -0.39 is 18.1 Å². The zero-order chi connectivity index (χ0) is 23.4. The van der Waals surface area contributed by atoms with Crippen molar-refractivity contribution in [1.82, 2.24) is 5.32 Å². The molecule has 0 aliphatic heterocycles. The van der Waals surface area contributed by atoms with Gasteiger partial charge in [-0.1, -0.05) is 49.4 Å². The molecule has 0 bridgehead atoms. The van der Waals surface area contributed by atoms with E-state index in [1.807, 2.05) is 42.5 Å². The molecule has 0 amide bonds. The molecule has 0 aliphatic rings. The minimum Gasteiger partial charge on any atom is -0.494 e. The summed E-state index contributed by atoms with van der Waals surface area (Å²) in [5, 5.41) is 2.94. The lowest BCUT2D eigenvalue weighted by Crippen LogP contribution is -2.29. The normalized spacial score (nSPS) is 12.2. The van der Waals surface area contributed by atoms with Gasteiger partial charge in [-0.25, -0.2) is 4.79 Å². The predicted molar refractivity (Wildman–Crippen MR) is 114 cm³/mol. The third kappa shape index (κ3) is 9.51. The minimum absolute atomic E-state index is 0.137. The van der Waals surface area contributed by atoms with Gasteiger partial charge in [0.1, 0.15) is 5.75 Å². The number of benzene rings is 2. The Morgan fingerprint density at radius 2 is 1.69 bits per heavy atom. The van der Waals surface area contributed by atoms with Crippen LogP contribution in [0.15, 0.2) is 54.6 Å². The number of nitrogens with one attached hydrogen (secondary N) is 1. The Kier molecular flexibility index (Phi) is 10.2. The first-order chi connectivity index (χ1) is 15.3. The molecule has 0 radical (unpaired) electrons. The fourth-order valence-electron chi connectivity index (χ4n) is 3.00. The first-order valence-corrected chi connectivity index (χ1v) is 10.5. The third-order valence-corrected chi connectivity index (χ3v) is 4.87. The first kappa shape index (κ1) is 25.4. The molecular formula is C24H28F3NO4. The number of aryl methyl sites for hydroxylation is 1. The highest BCUT2D eigenvalue weighted by Gasteiger charge is 2.42. The van der Waals surface area contributed by atoms with Crippen LogP contribution < -0.4 is 10.1 Å². The molecule has 1 atom stereocenters. The van der Waals surface area contributed by atoms with Crippen LogP contribution in [0, 0.1) is 0 Å². The molecule has 0 fully saturated rings. The topological polar surface area (TPSA) is 64.6 Å². The molecule has 0 saturated carbocycles. The van der Waals surface area contributed by atoms with Crippen molar-refractivity contribution in [2.75, 3.05) is 19.7 Å². The molecule has 1 N–H and O–H groups in total. The van der Waals surface area contributed by atoms with Crippen LogP contribution in [-0.4, -0.2) is 37.8 Å². The minimum atomic E-state index is -5.16. The van der Waals surface area contributed by atoms with Gasteiger partial charge in [0, 0.05) is 6.54 Å². The van der Waals surface area contributed by atoms with Gasteiger partial charge in [-0.05, 0) is 55.0 Å². The van der Waals surface area contributed by atoms with E-state index in [2.05, 4.69) is 29.1 Å². The van der Waals surface area contributed by atoms with E-state index in [9.17, 15) is 22.8 Å². The molecule has 174 valence electrons. The van der Waals surface area contributed by atoms with Crippen molar-refractivity contribution in [3.05, 3.63) is 65.7 Å². The van der Waals surface area contributed by atoms with E-state index >= 15 is 0 Å². The average Bonchev–Trinajstić information content (AvgIpc) is 2.77. The Hall–Kier alpha value is -2.87.